The van der Waals surface area contributed by atoms with Gasteiger partial charge in [-0.15, -0.1) is 0 Å². The molecule has 2 aromatic rings. The molecule has 0 aliphatic carbocycles. The molecule has 1 saturated heterocycles. The monoisotopic (exact) mass is 430 g/mol. The fraction of sp³-hybridized carbons (Fsp3) is 0.409. The molecule has 7 nitrogen and oxygen atoms in total. The molecule has 2 N–H and O–H groups in total. The van der Waals surface area contributed by atoms with Gasteiger partial charge in [0.25, 0.3) is 0 Å². The lowest BCUT2D eigenvalue weighted by Crippen LogP contribution is -2.44. The molecule has 0 unspecified atom stereocenters. The van der Waals surface area contributed by atoms with Crippen LogP contribution < -0.4 is 15.4 Å². The molecule has 0 atom stereocenters. The number of nitrogens with zero attached hydrogens (tertiary/aromatic N) is 2. The van der Waals surface area contributed by atoms with Crippen LogP contribution in [0.5, 0.6) is 5.75 Å². The standard InChI is InChI=1S/C22H30N4O3S/c1-23-22(24-14-17-29-20-8-4-2-5-9-20)25-18-19-12-15-26(16-13-19)30(27,28)21-10-6-3-7-11-21/h2-11,19H,12-18H2,1H3,(H2,23,24,25). The molecule has 0 aromatic heterocycles. The van der Waals surface area contributed by atoms with E-state index in [4.69, 9.17) is 4.74 Å². The second kappa shape index (κ2) is 11.0. The summed E-state index contributed by atoms with van der Waals surface area (Å²) in [6.45, 7) is 3.03. The highest BCUT2D eigenvalue weighted by atomic mass is 32.2. The van der Waals surface area contributed by atoms with E-state index in [1.807, 2.05) is 36.4 Å². The van der Waals surface area contributed by atoms with Crippen LogP contribution in [0.4, 0.5) is 0 Å². The number of aliphatic imine (C=N–C) groups is 1. The van der Waals surface area contributed by atoms with Crippen molar-refractivity contribution in [2.24, 2.45) is 10.9 Å². The minimum absolute atomic E-state index is 0.365. The first-order chi connectivity index (χ1) is 14.6. The molecule has 1 heterocycles. The molecule has 0 amide bonds. The van der Waals surface area contributed by atoms with E-state index in [0.29, 0.717) is 37.1 Å². The summed E-state index contributed by atoms with van der Waals surface area (Å²) in [4.78, 5) is 4.61. The molecule has 3 rings (SSSR count). The molecule has 0 bridgehead atoms. The van der Waals surface area contributed by atoms with E-state index < -0.39 is 10.0 Å². The smallest absolute Gasteiger partial charge is 0.243 e. The van der Waals surface area contributed by atoms with E-state index in [9.17, 15) is 8.42 Å². The van der Waals surface area contributed by atoms with Crippen molar-refractivity contribution in [3.63, 3.8) is 0 Å². The zero-order valence-electron chi connectivity index (χ0n) is 17.3. The first-order valence-corrected chi connectivity index (χ1v) is 11.7. The van der Waals surface area contributed by atoms with Crippen LogP contribution in [0.15, 0.2) is 70.6 Å². The maximum Gasteiger partial charge on any atom is 0.243 e. The fourth-order valence-corrected chi connectivity index (χ4v) is 4.90. The van der Waals surface area contributed by atoms with Crippen LogP contribution in [0.1, 0.15) is 12.8 Å². The normalized spacial score (nSPS) is 16.2. The lowest BCUT2D eigenvalue weighted by Gasteiger charge is -2.31. The van der Waals surface area contributed by atoms with Crippen molar-refractivity contribution in [1.29, 1.82) is 0 Å². The van der Waals surface area contributed by atoms with Gasteiger partial charge in [0.15, 0.2) is 5.96 Å². The maximum atomic E-state index is 12.7. The van der Waals surface area contributed by atoms with Gasteiger partial charge in [0.05, 0.1) is 11.4 Å². The number of hydrogen-bond donors (Lipinski definition) is 2. The van der Waals surface area contributed by atoms with Gasteiger partial charge in [-0.25, -0.2) is 8.42 Å². The highest BCUT2D eigenvalue weighted by molar-refractivity contribution is 7.89. The van der Waals surface area contributed by atoms with Crippen molar-refractivity contribution >= 4 is 16.0 Å². The van der Waals surface area contributed by atoms with Gasteiger partial charge in [0, 0.05) is 26.7 Å². The van der Waals surface area contributed by atoms with E-state index >= 15 is 0 Å². The first-order valence-electron chi connectivity index (χ1n) is 10.3. The van der Waals surface area contributed by atoms with E-state index in [-0.39, 0.29) is 0 Å². The number of nitrogens with one attached hydrogen (secondary N) is 2. The number of rotatable bonds is 8. The van der Waals surface area contributed by atoms with Gasteiger partial charge in [0.1, 0.15) is 12.4 Å². The van der Waals surface area contributed by atoms with Crippen LogP contribution in [0, 0.1) is 5.92 Å². The topological polar surface area (TPSA) is 83.0 Å². The second-order valence-corrected chi connectivity index (χ2v) is 9.14. The van der Waals surface area contributed by atoms with Crippen LogP contribution >= 0.6 is 0 Å². The van der Waals surface area contributed by atoms with Crippen LogP contribution in [0.2, 0.25) is 0 Å². The highest BCUT2D eigenvalue weighted by Crippen LogP contribution is 2.23. The Bertz CT molecular complexity index is 896. The van der Waals surface area contributed by atoms with Crippen molar-refractivity contribution in [2.45, 2.75) is 17.7 Å². The van der Waals surface area contributed by atoms with Crippen LogP contribution in [-0.4, -0.2) is 58.5 Å². The molecule has 1 aliphatic rings. The van der Waals surface area contributed by atoms with Crippen LogP contribution in [0.3, 0.4) is 0 Å². The third-order valence-corrected chi connectivity index (χ3v) is 7.06. The Kier molecular flexibility index (Phi) is 8.10. The van der Waals surface area contributed by atoms with Crippen molar-refractivity contribution in [1.82, 2.24) is 14.9 Å². The summed E-state index contributed by atoms with van der Waals surface area (Å²) in [7, 11) is -1.66. The van der Waals surface area contributed by atoms with Crippen molar-refractivity contribution < 1.29 is 13.2 Å². The molecule has 162 valence electrons. The van der Waals surface area contributed by atoms with Gasteiger partial charge in [-0.05, 0) is 43.0 Å². The maximum absolute atomic E-state index is 12.7. The minimum atomic E-state index is -3.40. The van der Waals surface area contributed by atoms with Crippen molar-refractivity contribution in [2.75, 3.05) is 39.8 Å². The van der Waals surface area contributed by atoms with E-state index in [0.717, 1.165) is 31.1 Å². The zero-order chi connectivity index (χ0) is 21.2. The number of sulfonamides is 1. The predicted octanol–water partition coefficient (Wildman–Crippen LogP) is 2.33. The lowest BCUT2D eigenvalue weighted by molar-refractivity contribution is 0.273. The number of ether oxygens (including phenoxy) is 1. The number of hydrogen-bond acceptors (Lipinski definition) is 4. The summed E-state index contributed by atoms with van der Waals surface area (Å²) in [6.07, 6.45) is 1.65. The Morgan fingerprint density at radius 1 is 1.03 bits per heavy atom. The molecule has 8 heteroatoms. The van der Waals surface area contributed by atoms with Gasteiger partial charge >= 0.3 is 0 Å². The fourth-order valence-electron chi connectivity index (χ4n) is 3.41. The predicted molar refractivity (Wildman–Crippen MR) is 119 cm³/mol. The molecule has 0 spiro atoms. The SMILES string of the molecule is CN=C(NCCOc1ccccc1)NCC1CCN(S(=O)(=O)c2ccccc2)CC1. The number of piperidine rings is 1. The molecule has 0 radical (unpaired) electrons. The van der Waals surface area contributed by atoms with Crippen LogP contribution in [-0.2, 0) is 10.0 Å². The van der Waals surface area contributed by atoms with E-state index in [1.165, 1.54) is 0 Å². The zero-order valence-corrected chi connectivity index (χ0v) is 18.1. The van der Waals surface area contributed by atoms with Crippen molar-refractivity contribution in [3.8, 4) is 5.75 Å². The lowest BCUT2D eigenvalue weighted by atomic mass is 9.98. The van der Waals surface area contributed by atoms with Gasteiger partial charge in [-0.3, -0.25) is 4.99 Å². The number of benzene rings is 2. The Hall–Kier alpha value is -2.58. The molecule has 0 saturated carbocycles. The Morgan fingerprint density at radius 2 is 1.67 bits per heavy atom. The average Bonchev–Trinajstić information content (AvgIpc) is 2.80. The Labute approximate surface area is 179 Å². The van der Waals surface area contributed by atoms with Gasteiger partial charge < -0.3 is 15.4 Å². The van der Waals surface area contributed by atoms with Gasteiger partial charge in [0.2, 0.25) is 10.0 Å². The first kappa shape index (κ1) is 22.1. The molecule has 2 aromatic carbocycles. The molecule has 1 aliphatic heterocycles. The molecule has 1 fully saturated rings. The van der Waals surface area contributed by atoms with E-state index in [2.05, 4.69) is 15.6 Å². The Balaban J connectivity index is 1.37. The summed E-state index contributed by atoms with van der Waals surface area (Å²) < 4.78 is 32.7. The van der Waals surface area contributed by atoms with Gasteiger partial charge in [-0.2, -0.15) is 4.31 Å². The molecular formula is C22H30N4O3S. The minimum Gasteiger partial charge on any atom is -0.492 e. The second-order valence-electron chi connectivity index (χ2n) is 7.20. The van der Waals surface area contributed by atoms with Crippen LogP contribution in [0.25, 0.3) is 0 Å². The third kappa shape index (κ3) is 6.21. The quantitative estimate of drug-likeness (QED) is 0.382. The summed E-state index contributed by atoms with van der Waals surface area (Å²) in [5.74, 6) is 1.98. The molecule has 30 heavy (non-hydrogen) atoms. The van der Waals surface area contributed by atoms with E-state index in [1.54, 1.807) is 35.6 Å². The Morgan fingerprint density at radius 3 is 2.30 bits per heavy atom. The third-order valence-electron chi connectivity index (χ3n) is 5.14. The average molecular weight is 431 g/mol. The summed E-state index contributed by atoms with van der Waals surface area (Å²) in [5.41, 5.74) is 0. The molecular weight excluding hydrogens is 400 g/mol. The number of para-hydroxylation sites is 1. The van der Waals surface area contributed by atoms with Crippen molar-refractivity contribution in [3.05, 3.63) is 60.7 Å². The summed E-state index contributed by atoms with van der Waals surface area (Å²) in [6, 6.07) is 18.3. The summed E-state index contributed by atoms with van der Waals surface area (Å²) >= 11 is 0. The number of guanidine groups is 1. The highest BCUT2D eigenvalue weighted by Gasteiger charge is 2.29. The van der Waals surface area contributed by atoms with Gasteiger partial charge in [-0.1, -0.05) is 36.4 Å². The summed E-state index contributed by atoms with van der Waals surface area (Å²) in [5, 5.41) is 6.58. The largest absolute Gasteiger partial charge is 0.492 e.